The van der Waals surface area contributed by atoms with Gasteiger partial charge in [-0.25, -0.2) is 9.78 Å². The number of carboxylic acids is 1. The Morgan fingerprint density at radius 2 is 2.42 bits per heavy atom. The third kappa shape index (κ3) is 1.71. The molecule has 6 nitrogen and oxygen atoms in total. The van der Waals surface area contributed by atoms with E-state index in [-0.39, 0.29) is 11.5 Å². The Labute approximate surface area is 67.1 Å². The van der Waals surface area contributed by atoms with Gasteiger partial charge in [0.25, 0.3) is 0 Å². The Kier molecular flexibility index (Phi) is 2.25. The van der Waals surface area contributed by atoms with E-state index in [4.69, 9.17) is 10.6 Å². The summed E-state index contributed by atoms with van der Waals surface area (Å²) >= 11 is 0. The van der Waals surface area contributed by atoms with Crippen molar-refractivity contribution < 1.29 is 9.90 Å². The number of aromatic nitrogens is 1. The van der Waals surface area contributed by atoms with Gasteiger partial charge in [-0.3, -0.25) is 0 Å². The molecular formula is C6H4N4O2. The topological polar surface area (TPSA) is 99.0 Å². The summed E-state index contributed by atoms with van der Waals surface area (Å²) in [4.78, 5) is 16.4. The molecule has 1 rings (SSSR count). The molecule has 12 heavy (non-hydrogen) atoms. The van der Waals surface area contributed by atoms with E-state index in [1.54, 1.807) is 0 Å². The first-order valence-corrected chi connectivity index (χ1v) is 2.99. The maximum absolute atomic E-state index is 10.4. The fourth-order valence-corrected chi connectivity index (χ4v) is 0.644. The standard InChI is InChI=1S/C6H4N4O2/c7-10-9-5-3-1-2-4(8-5)6(11)12/h1-3H,(H,11,12). The number of carboxylic acid groups (broad SMARTS) is 1. The highest BCUT2D eigenvalue weighted by atomic mass is 16.4. The first kappa shape index (κ1) is 8.03. The maximum atomic E-state index is 10.4. The van der Waals surface area contributed by atoms with Crippen LogP contribution in [-0.4, -0.2) is 16.1 Å². The number of hydrogen-bond donors (Lipinski definition) is 1. The SMILES string of the molecule is [N-]=[N+]=Nc1cccc(C(=O)O)n1. The lowest BCUT2D eigenvalue weighted by atomic mass is 10.3. The number of rotatable bonds is 2. The Morgan fingerprint density at radius 3 is 3.00 bits per heavy atom. The highest BCUT2D eigenvalue weighted by Crippen LogP contribution is 2.08. The third-order valence-electron chi connectivity index (χ3n) is 1.10. The molecular weight excluding hydrogens is 160 g/mol. The molecule has 0 saturated carbocycles. The molecule has 1 aromatic heterocycles. The van der Waals surface area contributed by atoms with Gasteiger partial charge in [-0.05, 0) is 22.8 Å². The van der Waals surface area contributed by atoms with Crippen molar-refractivity contribution >= 4 is 11.8 Å². The van der Waals surface area contributed by atoms with Crippen molar-refractivity contribution in [2.45, 2.75) is 0 Å². The molecule has 6 heteroatoms. The lowest BCUT2D eigenvalue weighted by Crippen LogP contribution is -1.98. The first-order chi connectivity index (χ1) is 5.74. The van der Waals surface area contributed by atoms with E-state index >= 15 is 0 Å². The van der Waals surface area contributed by atoms with E-state index in [2.05, 4.69) is 15.0 Å². The van der Waals surface area contributed by atoms with Crippen LogP contribution in [0.25, 0.3) is 10.4 Å². The number of carbonyl (C=O) groups is 1. The van der Waals surface area contributed by atoms with Crippen molar-refractivity contribution in [1.29, 1.82) is 0 Å². The predicted molar refractivity (Wildman–Crippen MR) is 40.0 cm³/mol. The summed E-state index contributed by atoms with van der Waals surface area (Å²) in [5.74, 6) is -1.10. The molecule has 1 heterocycles. The maximum Gasteiger partial charge on any atom is 0.354 e. The highest BCUT2D eigenvalue weighted by Gasteiger charge is 2.02. The molecule has 0 bridgehead atoms. The van der Waals surface area contributed by atoms with Gasteiger partial charge in [-0.15, -0.1) is 0 Å². The molecule has 0 fully saturated rings. The van der Waals surface area contributed by atoms with Crippen LogP contribution in [0.15, 0.2) is 23.3 Å². The van der Waals surface area contributed by atoms with Crippen LogP contribution in [0.1, 0.15) is 10.5 Å². The normalized spacial score (nSPS) is 8.67. The number of pyridine rings is 1. The molecule has 0 aliphatic heterocycles. The molecule has 0 saturated heterocycles. The largest absolute Gasteiger partial charge is 0.477 e. The van der Waals surface area contributed by atoms with Crippen LogP contribution in [0.2, 0.25) is 0 Å². The molecule has 0 amide bonds. The zero-order valence-electron chi connectivity index (χ0n) is 5.88. The summed E-state index contributed by atoms with van der Waals surface area (Å²) in [7, 11) is 0. The van der Waals surface area contributed by atoms with Gasteiger partial charge < -0.3 is 5.11 Å². The van der Waals surface area contributed by atoms with Gasteiger partial charge in [0.1, 0.15) is 11.5 Å². The Balaban J connectivity index is 3.11. The molecule has 1 aromatic rings. The second-order valence-corrected chi connectivity index (χ2v) is 1.88. The fourth-order valence-electron chi connectivity index (χ4n) is 0.644. The lowest BCUT2D eigenvalue weighted by Gasteiger charge is -1.92. The third-order valence-corrected chi connectivity index (χ3v) is 1.10. The van der Waals surface area contributed by atoms with Crippen molar-refractivity contribution in [3.63, 3.8) is 0 Å². The van der Waals surface area contributed by atoms with Crippen LogP contribution >= 0.6 is 0 Å². The quantitative estimate of drug-likeness (QED) is 0.409. The van der Waals surface area contributed by atoms with Crippen molar-refractivity contribution in [2.75, 3.05) is 0 Å². The summed E-state index contributed by atoms with van der Waals surface area (Å²) in [6, 6.07) is 4.20. The van der Waals surface area contributed by atoms with Crippen LogP contribution < -0.4 is 0 Å². The molecule has 0 atom stereocenters. The van der Waals surface area contributed by atoms with Crippen LogP contribution in [0.5, 0.6) is 0 Å². The van der Waals surface area contributed by atoms with Gasteiger partial charge in [-0.1, -0.05) is 6.07 Å². The summed E-state index contributed by atoms with van der Waals surface area (Å²) in [6.45, 7) is 0. The monoisotopic (exact) mass is 164 g/mol. The molecule has 60 valence electrons. The molecule has 0 spiro atoms. The van der Waals surface area contributed by atoms with E-state index in [1.807, 2.05) is 0 Å². The van der Waals surface area contributed by atoms with Crippen LogP contribution in [0.4, 0.5) is 5.82 Å². The second kappa shape index (κ2) is 3.36. The van der Waals surface area contributed by atoms with Gasteiger partial charge in [-0.2, -0.15) is 0 Å². The zero-order valence-corrected chi connectivity index (χ0v) is 5.88. The Bertz CT molecular complexity index is 339. The number of nitrogens with zero attached hydrogens (tertiary/aromatic N) is 4. The average Bonchev–Trinajstić information content (AvgIpc) is 2.05. The van der Waals surface area contributed by atoms with Crippen molar-refractivity contribution in [2.24, 2.45) is 5.11 Å². The van der Waals surface area contributed by atoms with Gasteiger partial charge in [0, 0.05) is 4.91 Å². The highest BCUT2D eigenvalue weighted by molar-refractivity contribution is 5.85. The predicted octanol–water partition coefficient (Wildman–Crippen LogP) is 1.72. The van der Waals surface area contributed by atoms with E-state index in [0.717, 1.165) is 0 Å². The minimum absolute atomic E-state index is 0.0531. The van der Waals surface area contributed by atoms with E-state index in [9.17, 15) is 4.79 Å². The van der Waals surface area contributed by atoms with E-state index < -0.39 is 5.97 Å². The summed E-state index contributed by atoms with van der Waals surface area (Å²) in [6.07, 6.45) is 0. The minimum Gasteiger partial charge on any atom is -0.477 e. The fraction of sp³-hybridized carbons (Fsp3) is 0. The lowest BCUT2D eigenvalue weighted by molar-refractivity contribution is 0.0690. The van der Waals surface area contributed by atoms with E-state index in [1.165, 1.54) is 18.2 Å². The summed E-state index contributed by atoms with van der Waals surface area (Å²) in [5.41, 5.74) is 7.88. The molecule has 0 aromatic carbocycles. The van der Waals surface area contributed by atoms with Gasteiger partial charge >= 0.3 is 5.97 Å². The van der Waals surface area contributed by atoms with Crippen LogP contribution in [0, 0.1) is 0 Å². The Morgan fingerprint density at radius 1 is 1.67 bits per heavy atom. The molecule has 0 aliphatic rings. The summed E-state index contributed by atoms with van der Waals surface area (Å²) in [5, 5.41) is 11.6. The number of azide groups is 1. The second-order valence-electron chi connectivity index (χ2n) is 1.88. The minimum atomic E-state index is -1.15. The molecule has 0 unspecified atom stereocenters. The van der Waals surface area contributed by atoms with Gasteiger partial charge in [0.05, 0.1) is 0 Å². The van der Waals surface area contributed by atoms with E-state index in [0.29, 0.717) is 0 Å². The van der Waals surface area contributed by atoms with Crippen molar-refractivity contribution in [3.05, 3.63) is 34.3 Å². The molecule has 1 N–H and O–H groups in total. The Hall–Kier alpha value is -2.07. The summed E-state index contributed by atoms with van der Waals surface area (Å²) < 4.78 is 0. The van der Waals surface area contributed by atoms with Crippen molar-refractivity contribution in [1.82, 2.24) is 4.98 Å². The number of aromatic carboxylic acids is 1. The number of hydrogen-bond acceptors (Lipinski definition) is 3. The van der Waals surface area contributed by atoms with Crippen LogP contribution in [-0.2, 0) is 0 Å². The average molecular weight is 164 g/mol. The smallest absolute Gasteiger partial charge is 0.354 e. The van der Waals surface area contributed by atoms with Gasteiger partial charge in [0.2, 0.25) is 0 Å². The first-order valence-electron chi connectivity index (χ1n) is 2.99. The molecule has 0 aliphatic carbocycles. The van der Waals surface area contributed by atoms with Gasteiger partial charge in [0.15, 0.2) is 0 Å². The van der Waals surface area contributed by atoms with Crippen LogP contribution in [0.3, 0.4) is 0 Å². The van der Waals surface area contributed by atoms with Crippen molar-refractivity contribution in [3.8, 4) is 0 Å². The zero-order chi connectivity index (χ0) is 8.97. The molecule has 0 radical (unpaired) electrons.